The zero-order valence-corrected chi connectivity index (χ0v) is 11.7. The summed E-state index contributed by atoms with van der Waals surface area (Å²) < 4.78 is 5.13. The summed E-state index contributed by atoms with van der Waals surface area (Å²) >= 11 is 0. The van der Waals surface area contributed by atoms with Gasteiger partial charge in [0.15, 0.2) is 0 Å². The molecule has 0 N–H and O–H groups in total. The minimum absolute atomic E-state index is 0.0356. The molecule has 0 aromatic carbocycles. The summed E-state index contributed by atoms with van der Waals surface area (Å²) in [5.41, 5.74) is 0.505. The second kappa shape index (κ2) is 5.48. The minimum Gasteiger partial charge on any atom is -0.466 e. The topological polar surface area (TPSA) is 26.3 Å². The van der Waals surface area contributed by atoms with Gasteiger partial charge in [0.05, 0.1) is 14.7 Å². The Morgan fingerprint density at radius 2 is 2.00 bits per heavy atom. The molecule has 16 heavy (non-hydrogen) atoms. The lowest BCUT2D eigenvalue weighted by molar-refractivity contribution is -0.142. The average Bonchev–Trinajstić information content (AvgIpc) is 2.29. The molecule has 0 fully saturated rings. The van der Waals surface area contributed by atoms with Gasteiger partial charge in [-0.25, -0.2) is 0 Å². The third kappa shape index (κ3) is 2.85. The molecule has 0 unspecified atom stereocenters. The van der Waals surface area contributed by atoms with Crippen LogP contribution in [0.5, 0.6) is 0 Å². The minimum atomic E-state index is -1.65. The van der Waals surface area contributed by atoms with E-state index in [9.17, 15) is 4.79 Å². The fourth-order valence-corrected chi connectivity index (χ4v) is 4.48. The summed E-state index contributed by atoms with van der Waals surface area (Å²) in [6.45, 7) is 8.88. The van der Waals surface area contributed by atoms with Gasteiger partial charge in [0.1, 0.15) is 0 Å². The van der Waals surface area contributed by atoms with Crippen LogP contribution in [0.15, 0.2) is 24.3 Å². The van der Waals surface area contributed by atoms with E-state index in [0.717, 1.165) is 6.42 Å². The first-order chi connectivity index (χ1) is 7.50. The second-order valence-corrected chi connectivity index (χ2v) is 10.1. The lowest BCUT2D eigenvalue weighted by Gasteiger charge is -2.33. The largest absolute Gasteiger partial charge is 0.466 e. The highest BCUT2D eigenvalue weighted by Gasteiger charge is 2.39. The van der Waals surface area contributed by atoms with E-state index in [-0.39, 0.29) is 11.5 Å². The van der Waals surface area contributed by atoms with Crippen molar-refractivity contribution >= 4 is 14.0 Å². The maximum Gasteiger partial charge on any atom is 0.305 e. The predicted molar refractivity (Wildman–Crippen MR) is 70.2 cm³/mol. The van der Waals surface area contributed by atoms with E-state index in [0.29, 0.717) is 12.1 Å². The monoisotopic (exact) mass is 238 g/mol. The Morgan fingerprint density at radius 3 is 2.50 bits per heavy atom. The molecule has 2 nitrogen and oxygen atoms in total. The smallest absolute Gasteiger partial charge is 0.305 e. The number of carbonyl (C=O) groups is 1. The molecule has 0 radical (unpaired) electrons. The molecule has 0 spiro atoms. The molecule has 3 heteroatoms. The van der Waals surface area contributed by atoms with E-state index in [4.69, 9.17) is 4.74 Å². The number of rotatable bonds is 4. The van der Waals surface area contributed by atoms with Crippen LogP contribution in [0, 0.1) is 0 Å². The number of ether oxygens (including phenoxy) is 1. The van der Waals surface area contributed by atoms with Crippen LogP contribution in [0.25, 0.3) is 0 Å². The SMILES string of the molecule is CCOC(=O)[C@@H](C)[Si](C)(C)C1C=CCC=C1. The molecule has 0 bridgehead atoms. The van der Waals surface area contributed by atoms with Gasteiger partial charge in [-0.1, -0.05) is 44.3 Å². The summed E-state index contributed by atoms with van der Waals surface area (Å²) in [5.74, 6) is -0.0356. The molecule has 0 aliphatic heterocycles. The van der Waals surface area contributed by atoms with Crippen molar-refractivity contribution in [3.8, 4) is 0 Å². The van der Waals surface area contributed by atoms with Crippen molar-refractivity contribution in [2.45, 2.75) is 44.4 Å². The first-order valence-corrected chi connectivity index (χ1v) is 9.15. The van der Waals surface area contributed by atoms with Crippen LogP contribution in [0.2, 0.25) is 24.2 Å². The second-order valence-electron chi connectivity index (χ2n) is 4.91. The van der Waals surface area contributed by atoms with Gasteiger partial charge in [0, 0.05) is 5.54 Å². The summed E-state index contributed by atoms with van der Waals surface area (Å²) in [4.78, 5) is 11.8. The van der Waals surface area contributed by atoms with Crippen molar-refractivity contribution in [3.05, 3.63) is 24.3 Å². The zero-order valence-electron chi connectivity index (χ0n) is 10.7. The quantitative estimate of drug-likeness (QED) is 0.425. The molecule has 0 saturated heterocycles. The van der Waals surface area contributed by atoms with Crippen molar-refractivity contribution in [1.82, 2.24) is 0 Å². The van der Waals surface area contributed by atoms with E-state index in [1.54, 1.807) is 0 Å². The van der Waals surface area contributed by atoms with E-state index >= 15 is 0 Å². The summed E-state index contributed by atoms with van der Waals surface area (Å²) in [7, 11) is -1.65. The molecule has 0 heterocycles. The molecule has 1 atom stereocenters. The number of hydrogen-bond donors (Lipinski definition) is 0. The van der Waals surface area contributed by atoms with Crippen LogP contribution >= 0.6 is 0 Å². The van der Waals surface area contributed by atoms with Crippen LogP contribution in [0.3, 0.4) is 0 Å². The summed E-state index contributed by atoms with van der Waals surface area (Å²) in [6, 6.07) is 0. The Kier molecular flexibility index (Phi) is 4.53. The normalized spacial score (nSPS) is 18.5. The van der Waals surface area contributed by atoms with Crippen molar-refractivity contribution in [2.24, 2.45) is 0 Å². The Morgan fingerprint density at radius 1 is 1.44 bits per heavy atom. The van der Waals surface area contributed by atoms with Gasteiger partial charge >= 0.3 is 5.97 Å². The Balaban J connectivity index is 2.75. The average molecular weight is 238 g/mol. The van der Waals surface area contributed by atoms with Crippen LogP contribution in [0.4, 0.5) is 0 Å². The van der Waals surface area contributed by atoms with Crippen molar-refractivity contribution in [1.29, 1.82) is 0 Å². The number of hydrogen-bond acceptors (Lipinski definition) is 2. The highest BCUT2D eigenvalue weighted by atomic mass is 28.3. The summed E-state index contributed by atoms with van der Waals surface area (Å²) in [5, 5.41) is 0. The predicted octanol–water partition coefficient (Wildman–Crippen LogP) is 3.53. The molecule has 0 aromatic rings. The Hall–Kier alpha value is -0.833. The van der Waals surface area contributed by atoms with Crippen molar-refractivity contribution in [3.63, 3.8) is 0 Å². The van der Waals surface area contributed by atoms with Crippen LogP contribution in [0.1, 0.15) is 20.3 Å². The van der Waals surface area contributed by atoms with Crippen molar-refractivity contribution < 1.29 is 9.53 Å². The lowest BCUT2D eigenvalue weighted by Crippen LogP contribution is -2.40. The van der Waals surface area contributed by atoms with Crippen LogP contribution in [-0.4, -0.2) is 20.7 Å². The molecule has 1 aliphatic rings. The van der Waals surface area contributed by atoms with E-state index in [1.165, 1.54) is 0 Å². The van der Waals surface area contributed by atoms with Gasteiger partial charge in [-0.05, 0) is 18.9 Å². The molecule has 0 aromatic heterocycles. The molecule has 0 amide bonds. The maximum atomic E-state index is 11.8. The number of carbonyl (C=O) groups excluding carboxylic acids is 1. The van der Waals surface area contributed by atoms with E-state index < -0.39 is 8.07 Å². The van der Waals surface area contributed by atoms with Gasteiger partial charge in [0.2, 0.25) is 0 Å². The molecule has 90 valence electrons. The third-order valence-corrected chi connectivity index (χ3v) is 8.15. The maximum absolute atomic E-state index is 11.8. The van der Waals surface area contributed by atoms with Gasteiger partial charge in [0.25, 0.3) is 0 Å². The first-order valence-electron chi connectivity index (χ1n) is 6.00. The summed E-state index contributed by atoms with van der Waals surface area (Å²) in [6.07, 6.45) is 9.91. The van der Waals surface area contributed by atoms with E-state index in [2.05, 4.69) is 37.4 Å². The lowest BCUT2D eigenvalue weighted by atomic mass is 10.2. The van der Waals surface area contributed by atoms with Gasteiger partial charge in [-0.15, -0.1) is 0 Å². The Labute approximate surface area is 99.4 Å². The zero-order chi connectivity index (χ0) is 12.2. The van der Waals surface area contributed by atoms with Crippen LogP contribution < -0.4 is 0 Å². The molecule has 1 aliphatic carbocycles. The number of esters is 1. The number of allylic oxidation sites excluding steroid dienone is 4. The fraction of sp³-hybridized carbons (Fsp3) is 0.615. The fourth-order valence-electron chi connectivity index (χ4n) is 1.95. The third-order valence-electron chi connectivity index (χ3n) is 3.57. The Bertz CT molecular complexity index is 293. The van der Waals surface area contributed by atoms with Gasteiger partial charge < -0.3 is 4.74 Å². The van der Waals surface area contributed by atoms with Gasteiger partial charge in [-0.3, -0.25) is 4.79 Å². The van der Waals surface area contributed by atoms with E-state index in [1.807, 2.05) is 13.8 Å². The first kappa shape index (κ1) is 13.2. The highest BCUT2D eigenvalue weighted by Crippen LogP contribution is 2.37. The van der Waals surface area contributed by atoms with Gasteiger partial charge in [-0.2, -0.15) is 0 Å². The standard InChI is InChI=1S/C13H22O2Si/c1-5-15-13(14)11(2)16(3,4)12-9-7-6-8-10-12/h7-12H,5-6H2,1-4H3/t11-/m1/s1. The molecular formula is C13H22O2Si. The van der Waals surface area contributed by atoms with Crippen molar-refractivity contribution in [2.75, 3.05) is 6.61 Å². The molecular weight excluding hydrogens is 216 g/mol. The molecule has 0 saturated carbocycles. The van der Waals surface area contributed by atoms with Crippen LogP contribution in [-0.2, 0) is 9.53 Å². The molecule has 1 rings (SSSR count). The highest BCUT2D eigenvalue weighted by molar-refractivity contribution is 6.83.